The first-order valence-electron chi connectivity index (χ1n) is 12.9. The van der Waals surface area contributed by atoms with Crippen molar-refractivity contribution in [3.8, 4) is 6.07 Å². The number of aryl methyl sites for hydroxylation is 1. The van der Waals surface area contributed by atoms with E-state index in [9.17, 15) is 26.9 Å². The van der Waals surface area contributed by atoms with Crippen LogP contribution < -0.4 is 14.1 Å². The fraction of sp³-hybridized carbons (Fsp3) is 0.333. The van der Waals surface area contributed by atoms with Gasteiger partial charge in [-0.25, -0.2) is 26.8 Å². The highest BCUT2D eigenvalue weighted by Crippen LogP contribution is 2.34. The highest BCUT2D eigenvalue weighted by Gasteiger charge is 2.33. The Morgan fingerprint density at radius 1 is 0.976 bits per heavy atom. The molecule has 0 radical (unpaired) electrons. The van der Waals surface area contributed by atoms with Crippen LogP contribution in [-0.2, 0) is 26.5 Å². The van der Waals surface area contributed by atoms with Gasteiger partial charge in [0.2, 0.25) is 26.0 Å². The first kappa shape index (κ1) is 28.5. The Hall–Kier alpha value is -4.06. The first-order valence-corrected chi connectivity index (χ1v) is 16.2. The van der Waals surface area contributed by atoms with Gasteiger partial charge in [0, 0.05) is 51.2 Å². The summed E-state index contributed by atoms with van der Waals surface area (Å²) in [4.78, 5) is 25.8. The lowest BCUT2D eigenvalue weighted by Gasteiger charge is -2.34. The average molecular weight is 596 g/mol. The Bertz CT molecular complexity index is 1780. The third kappa shape index (κ3) is 5.48. The van der Waals surface area contributed by atoms with E-state index >= 15 is 0 Å². The molecule has 1 fully saturated rings. The minimum Gasteiger partial charge on any atom is -0.338 e. The van der Waals surface area contributed by atoms with E-state index in [1.807, 2.05) is 11.0 Å². The quantitative estimate of drug-likeness (QED) is 0.416. The molecule has 41 heavy (non-hydrogen) atoms. The number of carbonyl (C=O) groups is 1. The second kappa shape index (κ2) is 10.7. The molecule has 0 unspecified atom stereocenters. The molecule has 0 spiro atoms. The number of benzene rings is 2. The van der Waals surface area contributed by atoms with E-state index in [0.717, 1.165) is 16.1 Å². The van der Waals surface area contributed by atoms with Gasteiger partial charge in [0.05, 0.1) is 22.4 Å². The molecule has 0 saturated carbocycles. The molecular formula is C27H29N7O5S2. The normalized spacial score (nSPS) is 15.9. The third-order valence-corrected chi connectivity index (χ3v) is 10.4. The summed E-state index contributed by atoms with van der Waals surface area (Å²) in [7, 11) is -5.99. The number of hydrogen-bond acceptors (Lipinski definition) is 9. The van der Waals surface area contributed by atoms with Crippen molar-refractivity contribution in [3.63, 3.8) is 0 Å². The number of rotatable bonds is 6. The van der Waals surface area contributed by atoms with Crippen LogP contribution in [0.4, 0.5) is 17.3 Å². The number of sulfonamides is 2. The number of piperazine rings is 1. The van der Waals surface area contributed by atoms with Crippen molar-refractivity contribution in [3.05, 3.63) is 71.0 Å². The lowest BCUT2D eigenvalue weighted by atomic mass is 10.1. The summed E-state index contributed by atoms with van der Waals surface area (Å²) in [5, 5.41) is 9.20. The Balaban J connectivity index is 1.34. The number of para-hydroxylation sites is 1. The summed E-state index contributed by atoms with van der Waals surface area (Å²) in [5.74, 6) is 0.0460. The van der Waals surface area contributed by atoms with Crippen molar-refractivity contribution in [1.82, 2.24) is 14.3 Å². The van der Waals surface area contributed by atoms with Crippen LogP contribution in [0.25, 0.3) is 0 Å². The largest absolute Gasteiger partial charge is 0.338 e. The zero-order valence-electron chi connectivity index (χ0n) is 22.8. The first-order chi connectivity index (χ1) is 19.4. The monoisotopic (exact) mass is 595 g/mol. The molecule has 1 amide bonds. The third-order valence-electron chi connectivity index (χ3n) is 7.28. The lowest BCUT2D eigenvalue weighted by molar-refractivity contribution is 0.0990. The van der Waals surface area contributed by atoms with Gasteiger partial charge in [0.1, 0.15) is 11.8 Å². The van der Waals surface area contributed by atoms with Gasteiger partial charge in [-0.15, -0.1) is 0 Å². The maximum atomic E-state index is 13.5. The van der Waals surface area contributed by atoms with Crippen LogP contribution in [0.2, 0.25) is 0 Å². The molecule has 14 heteroatoms. The smallest absolute Gasteiger partial charge is 0.260 e. The van der Waals surface area contributed by atoms with Gasteiger partial charge in [-0.2, -0.15) is 9.57 Å². The Labute approximate surface area is 239 Å². The molecule has 2 aromatic carbocycles. The number of nitrogens with zero attached hydrogens (tertiary/aromatic N) is 7. The molecule has 0 atom stereocenters. The van der Waals surface area contributed by atoms with Gasteiger partial charge >= 0.3 is 0 Å². The lowest BCUT2D eigenvalue weighted by Crippen LogP contribution is -2.49. The van der Waals surface area contributed by atoms with E-state index in [4.69, 9.17) is 0 Å². The fourth-order valence-electron chi connectivity index (χ4n) is 5.03. The van der Waals surface area contributed by atoms with Gasteiger partial charge in [-0.3, -0.25) is 9.10 Å². The number of amides is 1. The molecule has 3 aromatic rings. The Morgan fingerprint density at radius 3 is 2.37 bits per heavy atom. The highest BCUT2D eigenvalue weighted by atomic mass is 32.2. The van der Waals surface area contributed by atoms with Gasteiger partial charge in [-0.05, 0) is 55.3 Å². The second-order valence-corrected chi connectivity index (χ2v) is 13.9. The molecule has 2 aliphatic rings. The minimum atomic E-state index is -3.80. The number of carbonyl (C=O) groups excluding carboxylic acids is 1. The molecular weight excluding hydrogens is 566 g/mol. The van der Waals surface area contributed by atoms with E-state index in [0.29, 0.717) is 43.4 Å². The molecule has 3 heterocycles. The number of nitriles is 1. The van der Waals surface area contributed by atoms with Crippen LogP contribution in [-0.4, -0.2) is 83.0 Å². The Kier molecular flexibility index (Phi) is 7.45. The minimum absolute atomic E-state index is 0.148. The summed E-state index contributed by atoms with van der Waals surface area (Å²) in [5.41, 5.74) is 2.76. The van der Waals surface area contributed by atoms with Crippen LogP contribution >= 0.6 is 0 Å². The molecule has 5 rings (SSSR count). The predicted octanol–water partition coefficient (Wildman–Crippen LogP) is 1.77. The number of anilines is 3. The van der Waals surface area contributed by atoms with Gasteiger partial charge in [0.25, 0.3) is 5.91 Å². The van der Waals surface area contributed by atoms with Gasteiger partial charge < -0.3 is 9.80 Å². The van der Waals surface area contributed by atoms with E-state index in [1.54, 1.807) is 54.3 Å². The number of fused-ring (bicyclic) bond motifs is 1. The standard InChI is InChI=1S/C27H29N7O5S2/c1-19-16-21(18-28)30-27(29-19)32-12-14-33(15-13-32)41(38,39)22-8-9-24-20(17-22)10-11-34(24)26(35)23-6-4-5-7-25(23)31(2)40(3,36)37/h4-9,16-17H,10-15H2,1-3H3. The molecule has 0 aliphatic carbocycles. The number of aromatic nitrogens is 2. The van der Waals surface area contributed by atoms with Crippen LogP contribution in [0.15, 0.2) is 53.4 Å². The second-order valence-electron chi connectivity index (χ2n) is 9.94. The van der Waals surface area contributed by atoms with Crippen molar-refractivity contribution >= 4 is 43.3 Å². The van der Waals surface area contributed by atoms with Crippen molar-refractivity contribution in [2.45, 2.75) is 18.2 Å². The summed E-state index contributed by atoms with van der Waals surface area (Å²) in [6.07, 6.45) is 1.54. The molecule has 214 valence electrons. The number of hydrogen-bond donors (Lipinski definition) is 0. The highest BCUT2D eigenvalue weighted by molar-refractivity contribution is 7.92. The summed E-state index contributed by atoms with van der Waals surface area (Å²) in [6, 6.07) is 14.9. The van der Waals surface area contributed by atoms with Crippen molar-refractivity contribution in [2.24, 2.45) is 0 Å². The molecule has 1 saturated heterocycles. The zero-order chi connectivity index (χ0) is 29.5. The van der Waals surface area contributed by atoms with Crippen LogP contribution in [0.5, 0.6) is 0 Å². The van der Waals surface area contributed by atoms with Gasteiger partial charge in [0.15, 0.2) is 0 Å². The topological polar surface area (TPSA) is 148 Å². The summed E-state index contributed by atoms with van der Waals surface area (Å²) < 4.78 is 53.8. The van der Waals surface area contributed by atoms with E-state index in [-0.39, 0.29) is 40.8 Å². The summed E-state index contributed by atoms with van der Waals surface area (Å²) in [6.45, 7) is 3.34. The zero-order valence-corrected chi connectivity index (χ0v) is 24.5. The molecule has 0 N–H and O–H groups in total. The van der Waals surface area contributed by atoms with Crippen LogP contribution in [0.1, 0.15) is 27.3 Å². The SMILES string of the molecule is Cc1cc(C#N)nc(N2CCN(S(=O)(=O)c3ccc4c(c3)CCN4C(=O)c3ccccc3N(C)S(C)(=O)=O)CC2)n1. The van der Waals surface area contributed by atoms with E-state index in [2.05, 4.69) is 9.97 Å². The maximum absolute atomic E-state index is 13.5. The molecule has 12 nitrogen and oxygen atoms in total. The van der Waals surface area contributed by atoms with E-state index in [1.165, 1.54) is 17.4 Å². The molecule has 1 aromatic heterocycles. The van der Waals surface area contributed by atoms with Crippen molar-refractivity contribution < 1.29 is 21.6 Å². The average Bonchev–Trinajstić information content (AvgIpc) is 3.39. The maximum Gasteiger partial charge on any atom is 0.260 e. The van der Waals surface area contributed by atoms with Crippen LogP contribution in [0, 0.1) is 18.3 Å². The van der Waals surface area contributed by atoms with E-state index < -0.39 is 20.0 Å². The van der Waals surface area contributed by atoms with Crippen molar-refractivity contribution in [1.29, 1.82) is 5.26 Å². The molecule has 0 bridgehead atoms. The van der Waals surface area contributed by atoms with Crippen molar-refractivity contribution in [2.75, 3.05) is 60.1 Å². The fourth-order valence-corrected chi connectivity index (χ4v) is 7.02. The predicted molar refractivity (Wildman–Crippen MR) is 154 cm³/mol. The molecule has 2 aliphatic heterocycles. The summed E-state index contributed by atoms with van der Waals surface area (Å²) >= 11 is 0. The Morgan fingerprint density at radius 2 is 1.68 bits per heavy atom. The van der Waals surface area contributed by atoms with Gasteiger partial charge in [-0.1, -0.05) is 12.1 Å². The van der Waals surface area contributed by atoms with Crippen LogP contribution in [0.3, 0.4) is 0 Å².